The van der Waals surface area contributed by atoms with E-state index in [0.29, 0.717) is 0 Å². The Hall–Kier alpha value is -1.64. The van der Waals surface area contributed by atoms with Crippen LogP contribution in [-0.2, 0) is 24.2 Å². The third-order valence-corrected chi connectivity index (χ3v) is 5.06. The lowest BCUT2D eigenvalue weighted by Crippen LogP contribution is -2.46. The molecule has 0 aromatic rings. The molecule has 0 aliphatic rings. The summed E-state index contributed by atoms with van der Waals surface area (Å²) in [4.78, 5) is 33.5. The van der Waals surface area contributed by atoms with Crippen molar-refractivity contribution in [3.05, 3.63) is 0 Å². The van der Waals surface area contributed by atoms with Crippen molar-refractivity contribution in [3.63, 3.8) is 0 Å². The number of carbonyl (C=O) groups is 3. The molecule has 0 saturated carbocycles. The van der Waals surface area contributed by atoms with Crippen LogP contribution in [0.1, 0.15) is 20.3 Å². The van der Waals surface area contributed by atoms with Crippen LogP contribution in [0.15, 0.2) is 0 Å². The first-order chi connectivity index (χ1) is 8.66. The SMILES string of the molecule is CNC(=O)NC(=O)C(C)S(=O)(=O)C(C)CC(=O)OC. The number of esters is 1. The Bertz CT molecular complexity index is 459. The molecule has 0 fully saturated rings. The third kappa shape index (κ3) is 4.86. The molecular formula is C10H18N2O6S. The van der Waals surface area contributed by atoms with E-state index in [9.17, 15) is 22.8 Å². The molecule has 2 atom stereocenters. The zero-order valence-electron chi connectivity index (χ0n) is 11.2. The van der Waals surface area contributed by atoms with Gasteiger partial charge >= 0.3 is 12.0 Å². The number of nitrogens with one attached hydrogen (secondary N) is 2. The number of carbonyl (C=O) groups excluding carboxylic acids is 3. The first kappa shape index (κ1) is 17.4. The van der Waals surface area contributed by atoms with Gasteiger partial charge in [0.15, 0.2) is 9.84 Å². The maximum absolute atomic E-state index is 12.0. The zero-order valence-corrected chi connectivity index (χ0v) is 12.0. The molecule has 110 valence electrons. The highest BCUT2D eigenvalue weighted by atomic mass is 32.2. The van der Waals surface area contributed by atoms with Crippen molar-refractivity contribution >= 4 is 27.7 Å². The highest BCUT2D eigenvalue weighted by Gasteiger charge is 2.34. The molecule has 2 unspecified atom stereocenters. The van der Waals surface area contributed by atoms with Gasteiger partial charge < -0.3 is 10.1 Å². The second-order valence-corrected chi connectivity index (χ2v) is 6.58. The monoisotopic (exact) mass is 294 g/mol. The van der Waals surface area contributed by atoms with Gasteiger partial charge in [-0.1, -0.05) is 0 Å². The number of ether oxygens (including phenoxy) is 1. The minimum atomic E-state index is -3.89. The van der Waals surface area contributed by atoms with E-state index in [1.807, 2.05) is 5.32 Å². The van der Waals surface area contributed by atoms with Gasteiger partial charge in [0.05, 0.1) is 18.8 Å². The van der Waals surface area contributed by atoms with E-state index < -0.39 is 38.2 Å². The zero-order chi connectivity index (χ0) is 15.2. The van der Waals surface area contributed by atoms with Crippen molar-refractivity contribution in [1.82, 2.24) is 10.6 Å². The Kier molecular flexibility index (Phi) is 6.46. The summed E-state index contributed by atoms with van der Waals surface area (Å²) in [7, 11) is -1.45. The van der Waals surface area contributed by atoms with E-state index in [0.717, 1.165) is 14.0 Å². The summed E-state index contributed by atoms with van der Waals surface area (Å²) in [6.45, 7) is 2.46. The first-order valence-corrected chi connectivity index (χ1v) is 7.09. The smallest absolute Gasteiger partial charge is 0.321 e. The Morgan fingerprint density at radius 3 is 2.16 bits per heavy atom. The number of imide groups is 1. The molecule has 3 amide bonds. The van der Waals surface area contributed by atoms with E-state index in [4.69, 9.17) is 0 Å². The van der Waals surface area contributed by atoms with Crippen LogP contribution in [0.3, 0.4) is 0 Å². The number of hydrogen-bond acceptors (Lipinski definition) is 6. The van der Waals surface area contributed by atoms with Gasteiger partial charge in [-0.25, -0.2) is 13.2 Å². The van der Waals surface area contributed by atoms with Crippen LogP contribution in [0, 0.1) is 0 Å². The Labute approximate surface area is 111 Å². The number of sulfone groups is 1. The second-order valence-electron chi connectivity index (χ2n) is 3.89. The summed E-state index contributed by atoms with van der Waals surface area (Å²) < 4.78 is 28.4. The Morgan fingerprint density at radius 1 is 1.21 bits per heavy atom. The van der Waals surface area contributed by atoms with E-state index in [1.165, 1.54) is 14.0 Å². The van der Waals surface area contributed by atoms with Crippen LogP contribution < -0.4 is 10.6 Å². The summed E-state index contributed by atoms with van der Waals surface area (Å²) in [6.07, 6.45) is -0.351. The molecule has 9 heteroatoms. The normalized spacial score (nSPS) is 14.1. The van der Waals surface area contributed by atoms with Crippen molar-refractivity contribution in [2.24, 2.45) is 0 Å². The van der Waals surface area contributed by atoms with E-state index in [-0.39, 0.29) is 6.42 Å². The summed E-state index contributed by atoms with van der Waals surface area (Å²) in [5.74, 6) is -1.63. The van der Waals surface area contributed by atoms with Gasteiger partial charge in [-0.3, -0.25) is 14.9 Å². The van der Waals surface area contributed by atoms with Gasteiger partial charge in [0, 0.05) is 7.05 Å². The molecule has 0 radical (unpaired) electrons. The molecule has 0 aliphatic carbocycles. The molecule has 19 heavy (non-hydrogen) atoms. The van der Waals surface area contributed by atoms with Gasteiger partial charge in [0.25, 0.3) is 0 Å². The van der Waals surface area contributed by atoms with Gasteiger partial charge in [0.2, 0.25) is 5.91 Å². The summed E-state index contributed by atoms with van der Waals surface area (Å²) in [6, 6.07) is -0.798. The molecule has 2 N–H and O–H groups in total. The van der Waals surface area contributed by atoms with Crippen molar-refractivity contribution in [3.8, 4) is 0 Å². The summed E-state index contributed by atoms with van der Waals surface area (Å²) in [5.41, 5.74) is 0. The van der Waals surface area contributed by atoms with Crippen molar-refractivity contribution in [2.75, 3.05) is 14.2 Å². The number of amides is 3. The van der Waals surface area contributed by atoms with E-state index in [1.54, 1.807) is 0 Å². The van der Waals surface area contributed by atoms with Gasteiger partial charge in [-0.2, -0.15) is 0 Å². The van der Waals surface area contributed by atoms with Crippen molar-refractivity contribution in [2.45, 2.75) is 30.8 Å². The molecule has 0 spiro atoms. The lowest BCUT2D eigenvalue weighted by atomic mass is 10.3. The maximum Gasteiger partial charge on any atom is 0.321 e. The molecule has 0 heterocycles. The fourth-order valence-electron chi connectivity index (χ4n) is 1.21. The summed E-state index contributed by atoms with van der Waals surface area (Å²) in [5, 5.41) is 1.49. The topological polar surface area (TPSA) is 119 Å². The van der Waals surface area contributed by atoms with Crippen LogP contribution in [-0.4, -0.2) is 51.0 Å². The van der Waals surface area contributed by atoms with Crippen LogP contribution in [0.5, 0.6) is 0 Å². The number of urea groups is 1. The largest absolute Gasteiger partial charge is 0.469 e. The molecule has 0 bridgehead atoms. The van der Waals surface area contributed by atoms with Crippen LogP contribution in [0.4, 0.5) is 4.79 Å². The number of hydrogen-bond donors (Lipinski definition) is 2. The Balaban J connectivity index is 4.85. The average molecular weight is 294 g/mol. The molecular weight excluding hydrogens is 276 g/mol. The summed E-state index contributed by atoms with van der Waals surface area (Å²) >= 11 is 0. The maximum atomic E-state index is 12.0. The quantitative estimate of drug-likeness (QED) is 0.641. The number of methoxy groups -OCH3 is 1. The minimum absolute atomic E-state index is 0.351. The van der Waals surface area contributed by atoms with Gasteiger partial charge in [0.1, 0.15) is 5.25 Å². The van der Waals surface area contributed by atoms with E-state index in [2.05, 4.69) is 10.1 Å². The fraction of sp³-hybridized carbons (Fsp3) is 0.700. The van der Waals surface area contributed by atoms with Crippen molar-refractivity contribution in [1.29, 1.82) is 0 Å². The molecule has 8 nitrogen and oxygen atoms in total. The van der Waals surface area contributed by atoms with Crippen LogP contribution >= 0.6 is 0 Å². The molecule has 0 aliphatic heterocycles. The fourth-order valence-corrected chi connectivity index (χ4v) is 2.63. The molecule has 0 rings (SSSR count). The van der Waals surface area contributed by atoms with E-state index >= 15 is 0 Å². The number of rotatable bonds is 5. The molecule has 0 aromatic heterocycles. The Morgan fingerprint density at radius 2 is 1.74 bits per heavy atom. The first-order valence-electron chi connectivity index (χ1n) is 5.48. The highest BCUT2D eigenvalue weighted by molar-refractivity contribution is 7.93. The highest BCUT2D eigenvalue weighted by Crippen LogP contribution is 2.13. The lowest BCUT2D eigenvalue weighted by Gasteiger charge is -2.17. The minimum Gasteiger partial charge on any atom is -0.469 e. The second kappa shape index (κ2) is 7.07. The van der Waals surface area contributed by atoms with Crippen LogP contribution in [0.25, 0.3) is 0 Å². The third-order valence-electron chi connectivity index (χ3n) is 2.57. The van der Waals surface area contributed by atoms with Gasteiger partial charge in [-0.15, -0.1) is 0 Å². The molecule has 0 saturated heterocycles. The average Bonchev–Trinajstić information content (AvgIpc) is 2.36. The predicted octanol–water partition coefficient (Wildman–Crippen LogP) is -0.803. The van der Waals surface area contributed by atoms with Crippen molar-refractivity contribution < 1.29 is 27.5 Å². The molecule has 0 aromatic carbocycles. The standard InChI is InChI=1S/C10H18N2O6S/c1-6(5-8(13)18-4)19(16,17)7(2)9(14)12-10(15)11-3/h6-7H,5H2,1-4H3,(H2,11,12,14,15). The predicted molar refractivity (Wildman–Crippen MR) is 67.1 cm³/mol. The van der Waals surface area contributed by atoms with Crippen LogP contribution in [0.2, 0.25) is 0 Å². The lowest BCUT2D eigenvalue weighted by molar-refractivity contribution is -0.140. The van der Waals surface area contributed by atoms with Gasteiger partial charge in [-0.05, 0) is 13.8 Å².